The molecule has 2 aromatic carbocycles. The highest BCUT2D eigenvalue weighted by Crippen LogP contribution is 2.43. The highest BCUT2D eigenvalue weighted by atomic mass is 16.4. The lowest BCUT2D eigenvalue weighted by molar-refractivity contribution is 0.0711. The van der Waals surface area contributed by atoms with Gasteiger partial charge in [-0.15, -0.1) is 0 Å². The van der Waals surface area contributed by atoms with Crippen LogP contribution in [0.15, 0.2) is 59.0 Å². The Morgan fingerprint density at radius 3 is 2.46 bits per heavy atom. The molecule has 4 heteroatoms. The molecule has 0 bridgehead atoms. The number of benzene rings is 2. The lowest BCUT2D eigenvalue weighted by atomic mass is 9.87. The van der Waals surface area contributed by atoms with Crippen molar-refractivity contribution in [1.82, 2.24) is 9.88 Å². The van der Waals surface area contributed by atoms with Crippen LogP contribution < -0.4 is 0 Å². The van der Waals surface area contributed by atoms with Crippen LogP contribution in [0.5, 0.6) is 0 Å². The molecule has 0 aliphatic heterocycles. The van der Waals surface area contributed by atoms with Crippen molar-refractivity contribution in [2.45, 2.75) is 44.1 Å². The quantitative estimate of drug-likeness (QED) is 0.658. The summed E-state index contributed by atoms with van der Waals surface area (Å²) in [6.45, 7) is 0. The summed E-state index contributed by atoms with van der Waals surface area (Å²) in [6, 6.07) is 18.6. The van der Waals surface area contributed by atoms with E-state index in [-0.39, 0.29) is 11.9 Å². The summed E-state index contributed by atoms with van der Waals surface area (Å²) in [5.41, 5.74) is 4.18. The Labute approximate surface area is 165 Å². The normalized spacial score (nSPS) is 18.5. The number of fused-ring (bicyclic) bond motifs is 1. The summed E-state index contributed by atoms with van der Waals surface area (Å²) in [5, 5.41) is 0. The topological polar surface area (TPSA) is 46.3 Å². The van der Waals surface area contributed by atoms with Crippen molar-refractivity contribution in [2.24, 2.45) is 0 Å². The van der Waals surface area contributed by atoms with E-state index < -0.39 is 0 Å². The number of oxazole rings is 1. The third-order valence-electron chi connectivity index (χ3n) is 6.01. The van der Waals surface area contributed by atoms with Gasteiger partial charge in [-0.05, 0) is 55.4 Å². The molecule has 1 atom stereocenters. The standard InChI is InChI=1S/C24H24N2O2/c1-26(20-14-13-16-7-5-6-10-19(16)15-20)24(27)21-22(17-11-12-17)28-23(25-21)18-8-3-2-4-9-18/h2-10,17,20H,11-15H2,1H3. The maximum absolute atomic E-state index is 13.4. The van der Waals surface area contributed by atoms with Crippen LogP contribution in [0.3, 0.4) is 0 Å². The van der Waals surface area contributed by atoms with Gasteiger partial charge in [0.25, 0.3) is 5.91 Å². The molecule has 3 aromatic rings. The zero-order chi connectivity index (χ0) is 19.1. The van der Waals surface area contributed by atoms with Crippen LogP contribution in [-0.2, 0) is 12.8 Å². The van der Waals surface area contributed by atoms with Crippen LogP contribution in [0.1, 0.15) is 52.6 Å². The number of rotatable bonds is 4. The molecule has 0 N–H and O–H groups in total. The Morgan fingerprint density at radius 2 is 1.71 bits per heavy atom. The van der Waals surface area contributed by atoms with Crippen molar-refractivity contribution in [3.63, 3.8) is 0 Å². The van der Waals surface area contributed by atoms with Crippen LogP contribution in [0.4, 0.5) is 0 Å². The van der Waals surface area contributed by atoms with Crippen LogP contribution >= 0.6 is 0 Å². The molecule has 0 spiro atoms. The van der Waals surface area contributed by atoms with E-state index in [1.54, 1.807) is 0 Å². The summed E-state index contributed by atoms with van der Waals surface area (Å²) in [6.07, 6.45) is 5.05. The molecule has 2 aliphatic carbocycles. The maximum Gasteiger partial charge on any atom is 0.276 e. The molecule has 28 heavy (non-hydrogen) atoms. The molecule has 1 unspecified atom stereocenters. The summed E-state index contributed by atoms with van der Waals surface area (Å²) in [4.78, 5) is 19.9. The summed E-state index contributed by atoms with van der Waals surface area (Å²) in [5.74, 6) is 1.64. The summed E-state index contributed by atoms with van der Waals surface area (Å²) < 4.78 is 6.08. The molecular weight excluding hydrogens is 348 g/mol. The van der Waals surface area contributed by atoms with Gasteiger partial charge in [0.2, 0.25) is 5.89 Å². The van der Waals surface area contributed by atoms with Gasteiger partial charge in [0.1, 0.15) is 5.76 Å². The molecule has 5 rings (SSSR count). The van der Waals surface area contributed by atoms with Crippen molar-refractivity contribution in [1.29, 1.82) is 0 Å². The van der Waals surface area contributed by atoms with E-state index in [0.29, 0.717) is 17.5 Å². The fraction of sp³-hybridized carbons (Fsp3) is 0.333. The molecule has 1 amide bonds. The minimum absolute atomic E-state index is 0.0165. The first-order valence-corrected chi connectivity index (χ1v) is 10.1. The fourth-order valence-electron chi connectivity index (χ4n) is 4.15. The van der Waals surface area contributed by atoms with Gasteiger partial charge in [-0.1, -0.05) is 42.5 Å². The first-order valence-electron chi connectivity index (χ1n) is 10.1. The number of carbonyl (C=O) groups is 1. The number of likely N-dealkylation sites (N-methyl/N-ethyl adjacent to an activating group) is 1. The van der Waals surface area contributed by atoms with E-state index >= 15 is 0 Å². The molecule has 4 nitrogen and oxygen atoms in total. The van der Waals surface area contributed by atoms with Crippen LogP contribution in [0.2, 0.25) is 0 Å². The predicted octanol–water partition coefficient (Wildman–Crippen LogP) is 4.85. The molecule has 2 aliphatic rings. The van der Waals surface area contributed by atoms with Gasteiger partial charge in [-0.2, -0.15) is 0 Å². The number of hydrogen-bond donors (Lipinski definition) is 0. The minimum atomic E-state index is -0.0165. The van der Waals surface area contributed by atoms with Crippen molar-refractivity contribution in [3.8, 4) is 11.5 Å². The molecule has 1 aromatic heterocycles. The Kier molecular flexibility index (Phi) is 4.27. The summed E-state index contributed by atoms with van der Waals surface area (Å²) >= 11 is 0. The third kappa shape index (κ3) is 3.13. The molecular formula is C24H24N2O2. The largest absolute Gasteiger partial charge is 0.440 e. The zero-order valence-corrected chi connectivity index (χ0v) is 16.1. The van der Waals surface area contributed by atoms with Crippen molar-refractivity contribution in [2.75, 3.05) is 7.05 Å². The maximum atomic E-state index is 13.4. The molecule has 0 radical (unpaired) electrons. The van der Waals surface area contributed by atoms with E-state index in [1.807, 2.05) is 42.3 Å². The molecule has 1 heterocycles. The monoisotopic (exact) mass is 372 g/mol. The highest BCUT2D eigenvalue weighted by molar-refractivity contribution is 5.94. The van der Waals surface area contributed by atoms with E-state index in [0.717, 1.165) is 43.4 Å². The van der Waals surface area contributed by atoms with E-state index in [9.17, 15) is 4.79 Å². The van der Waals surface area contributed by atoms with Crippen LogP contribution in [0.25, 0.3) is 11.5 Å². The van der Waals surface area contributed by atoms with E-state index in [4.69, 9.17) is 4.42 Å². The Hall–Kier alpha value is -2.88. The highest BCUT2D eigenvalue weighted by Gasteiger charge is 2.36. The van der Waals surface area contributed by atoms with Crippen LogP contribution in [0, 0.1) is 0 Å². The second-order valence-corrected chi connectivity index (χ2v) is 7.95. The van der Waals surface area contributed by atoms with Crippen molar-refractivity contribution < 1.29 is 9.21 Å². The van der Waals surface area contributed by atoms with Crippen molar-refractivity contribution >= 4 is 5.91 Å². The average molecular weight is 372 g/mol. The van der Waals surface area contributed by atoms with E-state index in [1.165, 1.54) is 11.1 Å². The average Bonchev–Trinajstić information content (AvgIpc) is 3.51. The number of aryl methyl sites for hydroxylation is 1. The molecule has 0 saturated heterocycles. The first kappa shape index (κ1) is 17.2. The number of amides is 1. The fourth-order valence-corrected chi connectivity index (χ4v) is 4.15. The number of carbonyl (C=O) groups excluding carboxylic acids is 1. The SMILES string of the molecule is CN(C(=O)c1nc(-c2ccccc2)oc1C1CC1)C1CCc2ccccc2C1. The van der Waals surface area contributed by atoms with Crippen molar-refractivity contribution in [3.05, 3.63) is 77.2 Å². The van der Waals surface area contributed by atoms with Crippen LogP contribution in [-0.4, -0.2) is 28.9 Å². The summed E-state index contributed by atoms with van der Waals surface area (Å²) in [7, 11) is 1.91. The van der Waals surface area contributed by atoms with Gasteiger partial charge >= 0.3 is 0 Å². The smallest absolute Gasteiger partial charge is 0.276 e. The molecule has 1 saturated carbocycles. The third-order valence-corrected chi connectivity index (χ3v) is 6.01. The van der Waals surface area contributed by atoms with Gasteiger partial charge < -0.3 is 9.32 Å². The zero-order valence-electron chi connectivity index (χ0n) is 16.1. The number of nitrogens with zero attached hydrogens (tertiary/aromatic N) is 2. The second-order valence-electron chi connectivity index (χ2n) is 7.95. The lowest BCUT2D eigenvalue weighted by Gasteiger charge is -2.32. The Balaban J connectivity index is 1.42. The van der Waals surface area contributed by atoms with E-state index in [2.05, 4.69) is 29.2 Å². The minimum Gasteiger partial charge on any atom is -0.440 e. The predicted molar refractivity (Wildman–Crippen MR) is 108 cm³/mol. The number of hydrogen-bond acceptors (Lipinski definition) is 3. The van der Waals surface area contributed by atoms with Gasteiger partial charge in [-0.25, -0.2) is 4.98 Å². The second kappa shape index (κ2) is 6.93. The Bertz CT molecular complexity index is 1000. The Morgan fingerprint density at radius 1 is 1.00 bits per heavy atom. The van der Waals surface area contributed by atoms with Gasteiger partial charge in [0.15, 0.2) is 5.69 Å². The molecule has 1 fully saturated rings. The van der Waals surface area contributed by atoms with Gasteiger partial charge in [-0.3, -0.25) is 4.79 Å². The van der Waals surface area contributed by atoms with Gasteiger partial charge in [0, 0.05) is 24.6 Å². The first-order chi connectivity index (χ1) is 13.7. The molecule has 142 valence electrons. The van der Waals surface area contributed by atoms with Gasteiger partial charge in [0.05, 0.1) is 0 Å². The lowest BCUT2D eigenvalue weighted by Crippen LogP contribution is -2.41. The number of aromatic nitrogens is 1.